The van der Waals surface area contributed by atoms with E-state index in [9.17, 15) is 14.4 Å². The summed E-state index contributed by atoms with van der Waals surface area (Å²) >= 11 is 2.12. The van der Waals surface area contributed by atoms with Crippen LogP contribution >= 0.6 is 22.6 Å². The predicted octanol–water partition coefficient (Wildman–Crippen LogP) is 2.27. The van der Waals surface area contributed by atoms with Crippen molar-refractivity contribution in [3.63, 3.8) is 0 Å². The summed E-state index contributed by atoms with van der Waals surface area (Å²) in [5, 5.41) is 2.70. The van der Waals surface area contributed by atoms with Gasteiger partial charge in [-0.05, 0) is 53.8 Å². The molecule has 0 aliphatic carbocycles. The molecule has 0 aliphatic heterocycles. The third-order valence-electron chi connectivity index (χ3n) is 2.93. The minimum atomic E-state index is -0.504. The Kier molecular flexibility index (Phi) is 5.91. The molecule has 0 bridgehead atoms. The zero-order chi connectivity index (χ0) is 16.8. The number of halogens is 1. The van der Waals surface area contributed by atoms with E-state index in [1.807, 2.05) is 6.07 Å². The van der Waals surface area contributed by atoms with Gasteiger partial charge in [-0.1, -0.05) is 6.07 Å². The molecule has 6 nitrogen and oxygen atoms in total. The molecule has 0 unspecified atom stereocenters. The molecule has 1 N–H and O–H groups in total. The first-order valence-electron chi connectivity index (χ1n) is 6.92. The fourth-order valence-corrected chi connectivity index (χ4v) is 2.45. The van der Waals surface area contributed by atoms with Crippen molar-refractivity contribution < 1.29 is 14.3 Å². The summed E-state index contributed by atoms with van der Waals surface area (Å²) in [7, 11) is 0. The van der Waals surface area contributed by atoms with E-state index < -0.39 is 5.97 Å². The van der Waals surface area contributed by atoms with Gasteiger partial charge < -0.3 is 14.6 Å². The number of carbonyl (C=O) groups is 2. The summed E-state index contributed by atoms with van der Waals surface area (Å²) in [5.41, 5.74) is 0.600. The molecule has 0 spiro atoms. The van der Waals surface area contributed by atoms with Crippen molar-refractivity contribution in [2.24, 2.45) is 0 Å². The lowest BCUT2D eigenvalue weighted by Gasteiger charge is -2.09. The summed E-state index contributed by atoms with van der Waals surface area (Å²) < 4.78 is 6.96. The summed E-state index contributed by atoms with van der Waals surface area (Å²) in [5.74, 6) is -0.791. The Hall–Kier alpha value is -2.16. The highest BCUT2D eigenvalue weighted by atomic mass is 127. The van der Waals surface area contributed by atoms with E-state index in [2.05, 4.69) is 27.9 Å². The summed E-state index contributed by atoms with van der Waals surface area (Å²) in [6.45, 7) is 1.74. The molecule has 0 saturated heterocycles. The van der Waals surface area contributed by atoms with Crippen molar-refractivity contribution >= 4 is 40.2 Å². The van der Waals surface area contributed by atoms with Crippen LogP contribution < -0.4 is 10.9 Å². The second-order valence-corrected chi connectivity index (χ2v) is 5.90. The fraction of sp³-hybridized carbons (Fsp3) is 0.188. The summed E-state index contributed by atoms with van der Waals surface area (Å²) in [6, 6.07) is 9.92. The molecule has 1 aromatic heterocycles. The molecule has 7 heteroatoms. The number of hydrogen-bond acceptors (Lipinski definition) is 4. The Balaban J connectivity index is 2.16. The number of benzene rings is 1. The minimum absolute atomic E-state index is 0.195. The van der Waals surface area contributed by atoms with Crippen molar-refractivity contribution in [3.05, 3.63) is 62.1 Å². The summed E-state index contributed by atoms with van der Waals surface area (Å²) in [4.78, 5) is 35.4. The number of amides is 1. The monoisotopic (exact) mass is 426 g/mol. The van der Waals surface area contributed by atoms with Crippen LogP contribution in [0.4, 0.5) is 5.69 Å². The second-order valence-electron chi connectivity index (χ2n) is 4.65. The Morgan fingerprint density at radius 2 is 2.04 bits per heavy atom. The van der Waals surface area contributed by atoms with Crippen LogP contribution in [-0.4, -0.2) is 23.1 Å². The van der Waals surface area contributed by atoms with Crippen LogP contribution in [0.1, 0.15) is 17.3 Å². The molecule has 0 atom stereocenters. The number of esters is 1. The Morgan fingerprint density at radius 1 is 1.26 bits per heavy atom. The number of hydrogen-bond donors (Lipinski definition) is 1. The Morgan fingerprint density at radius 3 is 2.74 bits per heavy atom. The maximum atomic E-state index is 12.2. The Bertz CT molecular complexity index is 786. The largest absolute Gasteiger partial charge is 0.465 e. The number of nitrogens with zero attached hydrogens (tertiary/aromatic N) is 1. The lowest BCUT2D eigenvalue weighted by molar-refractivity contribution is -0.143. The zero-order valence-corrected chi connectivity index (χ0v) is 14.6. The number of nitrogens with one attached hydrogen (secondary N) is 1. The third-order valence-corrected chi connectivity index (χ3v) is 3.60. The number of aromatic nitrogens is 1. The first-order chi connectivity index (χ1) is 11.0. The highest BCUT2D eigenvalue weighted by Gasteiger charge is 2.09. The van der Waals surface area contributed by atoms with E-state index >= 15 is 0 Å². The zero-order valence-electron chi connectivity index (χ0n) is 12.4. The van der Waals surface area contributed by atoms with Crippen LogP contribution in [0.5, 0.6) is 0 Å². The van der Waals surface area contributed by atoms with Crippen LogP contribution in [0.15, 0.2) is 47.4 Å². The first kappa shape index (κ1) is 17.2. The SMILES string of the molecule is CCOC(=O)Cn1cc(NC(=O)c2cccc(I)c2)ccc1=O. The number of carbonyl (C=O) groups excluding carboxylic acids is 2. The van der Waals surface area contributed by atoms with E-state index in [-0.39, 0.29) is 24.6 Å². The lowest BCUT2D eigenvalue weighted by atomic mass is 10.2. The molecule has 23 heavy (non-hydrogen) atoms. The predicted molar refractivity (Wildman–Crippen MR) is 94.4 cm³/mol. The fourth-order valence-electron chi connectivity index (χ4n) is 1.91. The van der Waals surface area contributed by atoms with Gasteiger partial charge in [-0.25, -0.2) is 0 Å². The molecule has 1 amide bonds. The van der Waals surface area contributed by atoms with E-state index in [1.165, 1.54) is 22.9 Å². The number of ether oxygens (including phenoxy) is 1. The van der Waals surface area contributed by atoms with Gasteiger partial charge in [0.2, 0.25) is 0 Å². The average molecular weight is 426 g/mol. The van der Waals surface area contributed by atoms with Gasteiger partial charge in [0.05, 0.1) is 12.3 Å². The third kappa shape index (κ3) is 4.92. The average Bonchev–Trinajstić information content (AvgIpc) is 2.51. The first-order valence-corrected chi connectivity index (χ1v) is 8.00. The van der Waals surface area contributed by atoms with Gasteiger partial charge in [0.1, 0.15) is 6.54 Å². The van der Waals surface area contributed by atoms with Crippen LogP contribution in [0.2, 0.25) is 0 Å². The molecule has 120 valence electrons. The van der Waals surface area contributed by atoms with Gasteiger partial charge in [0.25, 0.3) is 11.5 Å². The van der Waals surface area contributed by atoms with Crippen LogP contribution in [0.25, 0.3) is 0 Å². The normalized spacial score (nSPS) is 10.2. The standard InChI is InChI=1S/C16H15IN2O4/c1-2-23-15(21)10-19-9-13(6-7-14(19)20)18-16(22)11-4-3-5-12(17)8-11/h3-9H,2,10H2,1H3,(H,18,22). The van der Waals surface area contributed by atoms with Gasteiger partial charge in [0, 0.05) is 21.4 Å². The molecule has 1 heterocycles. The molecule has 0 fully saturated rings. The van der Waals surface area contributed by atoms with Crippen molar-refractivity contribution in [3.8, 4) is 0 Å². The van der Waals surface area contributed by atoms with Gasteiger partial charge in [-0.15, -0.1) is 0 Å². The second kappa shape index (κ2) is 7.91. The number of rotatable bonds is 5. The maximum Gasteiger partial charge on any atom is 0.326 e. The van der Waals surface area contributed by atoms with E-state index in [0.29, 0.717) is 11.3 Å². The van der Waals surface area contributed by atoms with Gasteiger partial charge in [-0.2, -0.15) is 0 Å². The highest BCUT2D eigenvalue weighted by Crippen LogP contribution is 2.11. The van der Waals surface area contributed by atoms with E-state index in [1.54, 1.807) is 25.1 Å². The molecule has 0 aliphatic rings. The maximum absolute atomic E-state index is 12.2. The molecule has 0 saturated carbocycles. The molecule has 0 radical (unpaired) electrons. The summed E-state index contributed by atoms with van der Waals surface area (Å²) in [6.07, 6.45) is 1.42. The molecule has 2 aromatic rings. The van der Waals surface area contributed by atoms with Crippen molar-refractivity contribution in [1.82, 2.24) is 4.57 Å². The van der Waals surface area contributed by atoms with Crippen LogP contribution in [-0.2, 0) is 16.1 Å². The number of anilines is 1. The van der Waals surface area contributed by atoms with Crippen molar-refractivity contribution in [2.45, 2.75) is 13.5 Å². The van der Waals surface area contributed by atoms with Crippen molar-refractivity contribution in [2.75, 3.05) is 11.9 Å². The topological polar surface area (TPSA) is 77.4 Å². The van der Waals surface area contributed by atoms with E-state index in [4.69, 9.17) is 4.74 Å². The molecule has 2 rings (SSSR count). The van der Waals surface area contributed by atoms with Gasteiger partial charge >= 0.3 is 5.97 Å². The van der Waals surface area contributed by atoms with E-state index in [0.717, 1.165) is 3.57 Å². The molecule has 1 aromatic carbocycles. The van der Waals surface area contributed by atoms with Gasteiger partial charge in [0.15, 0.2) is 0 Å². The molecular formula is C16H15IN2O4. The smallest absolute Gasteiger partial charge is 0.326 e. The number of pyridine rings is 1. The van der Waals surface area contributed by atoms with Gasteiger partial charge in [-0.3, -0.25) is 14.4 Å². The highest BCUT2D eigenvalue weighted by molar-refractivity contribution is 14.1. The lowest BCUT2D eigenvalue weighted by Crippen LogP contribution is -2.25. The minimum Gasteiger partial charge on any atom is -0.465 e. The quantitative estimate of drug-likeness (QED) is 0.588. The van der Waals surface area contributed by atoms with Crippen LogP contribution in [0.3, 0.4) is 0 Å². The Labute approximate surface area is 146 Å². The molecular weight excluding hydrogens is 411 g/mol. The van der Waals surface area contributed by atoms with Crippen LogP contribution in [0, 0.1) is 3.57 Å². The van der Waals surface area contributed by atoms with Crippen molar-refractivity contribution in [1.29, 1.82) is 0 Å².